The molecule has 0 aliphatic rings. The van der Waals surface area contributed by atoms with Crippen LogP contribution in [-0.4, -0.2) is 9.55 Å². The lowest BCUT2D eigenvalue weighted by atomic mass is 10.2. The summed E-state index contributed by atoms with van der Waals surface area (Å²) in [6.07, 6.45) is 3.61. The molecule has 0 aliphatic carbocycles. The minimum Gasteiger partial charge on any atom is -0.300 e. The van der Waals surface area contributed by atoms with Crippen LogP contribution in [0.2, 0.25) is 0 Å². The van der Waals surface area contributed by atoms with E-state index in [1.54, 1.807) is 10.8 Å². The van der Waals surface area contributed by atoms with Crippen LogP contribution in [0.3, 0.4) is 0 Å². The summed E-state index contributed by atoms with van der Waals surface area (Å²) in [6.45, 7) is 4.68. The highest BCUT2D eigenvalue weighted by Gasteiger charge is 2.10. The fourth-order valence-electron chi connectivity index (χ4n) is 1.81. The summed E-state index contributed by atoms with van der Waals surface area (Å²) in [4.78, 5) is 26.8. The molecule has 0 spiro atoms. The van der Waals surface area contributed by atoms with E-state index in [9.17, 15) is 9.59 Å². The molecule has 0 saturated carbocycles. The van der Waals surface area contributed by atoms with Crippen LogP contribution in [0.4, 0.5) is 0 Å². The van der Waals surface area contributed by atoms with E-state index in [2.05, 4.69) is 11.9 Å². The van der Waals surface area contributed by atoms with Crippen molar-refractivity contribution in [2.75, 3.05) is 0 Å². The number of hydrogen-bond donors (Lipinski definition) is 1. The summed E-state index contributed by atoms with van der Waals surface area (Å²) in [5.74, 6) is 0. The fourth-order valence-corrected chi connectivity index (χ4v) is 2.75. The Morgan fingerprint density at radius 2 is 2.17 bits per heavy atom. The Hall–Kier alpha value is -1.62. The van der Waals surface area contributed by atoms with Gasteiger partial charge in [-0.3, -0.25) is 14.3 Å². The van der Waals surface area contributed by atoms with Crippen LogP contribution in [0.1, 0.15) is 25.3 Å². The minimum atomic E-state index is -0.327. The zero-order valence-electron chi connectivity index (χ0n) is 10.5. The van der Waals surface area contributed by atoms with E-state index >= 15 is 0 Å². The molecule has 2 aromatic heterocycles. The van der Waals surface area contributed by atoms with E-state index in [1.165, 1.54) is 11.3 Å². The Labute approximate surface area is 109 Å². The van der Waals surface area contributed by atoms with Crippen LogP contribution in [0.25, 0.3) is 10.4 Å². The fraction of sp³-hybridized carbons (Fsp3) is 0.385. The van der Waals surface area contributed by atoms with Crippen molar-refractivity contribution in [3.8, 4) is 10.4 Å². The van der Waals surface area contributed by atoms with Gasteiger partial charge in [0.25, 0.3) is 5.56 Å². The third kappa shape index (κ3) is 2.46. The number of aromatic nitrogens is 2. The van der Waals surface area contributed by atoms with Crippen molar-refractivity contribution in [3.63, 3.8) is 0 Å². The van der Waals surface area contributed by atoms with Gasteiger partial charge in [-0.25, -0.2) is 4.79 Å². The highest BCUT2D eigenvalue weighted by atomic mass is 32.1. The topological polar surface area (TPSA) is 54.9 Å². The summed E-state index contributed by atoms with van der Waals surface area (Å²) in [5.41, 5.74) is 1.01. The Balaban J connectivity index is 2.52. The van der Waals surface area contributed by atoms with Crippen molar-refractivity contribution < 1.29 is 0 Å². The predicted molar refractivity (Wildman–Crippen MR) is 74.3 cm³/mol. The van der Waals surface area contributed by atoms with Crippen molar-refractivity contribution in [2.45, 2.75) is 33.2 Å². The third-order valence-corrected chi connectivity index (χ3v) is 3.92. The summed E-state index contributed by atoms with van der Waals surface area (Å²) in [5, 5.41) is 1.95. The van der Waals surface area contributed by atoms with Gasteiger partial charge in [-0.2, -0.15) is 0 Å². The molecule has 0 amide bonds. The Morgan fingerprint density at radius 1 is 1.39 bits per heavy atom. The first-order valence-electron chi connectivity index (χ1n) is 6.01. The lowest BCUT2D eigenvalue weighted by Crippen LogP contribution is -2.30. The van der Waals surface area contributed by atoms with Gasteiger partial charge < -0.3 is 0 Å². The third-order valence-electron chi connectivity index (χ3n) is 2.87. The average Bonchev–Trinajstić information content (AvgIpc) is 2.74. The lowest BCUT2D eigenvalue weighted by Gasteiger charge is -2.06. The van der Waals surface area contributed by atoms with Crippen molar-refractivity contribution in [1.82, 2.24) is 9.55 Å². The van der Waals surface area contributed by atoms with Gasteiger partial charge >= 0.3 is 5.69 Å². The molecule has 0 unspecified atom stereocenters. The van der Waals surface area contributed by atoms with Gasteiger partial charge in [-0.15, -0.1) is 11.3 Å². The molecule has 18 heavy (non-hydrogen) atoms. The second-order valence-corrected chi connectivity index (χ2v) is 5.20. The molecule has 0 bridgehead atoms. The largest absolute Gasteiger partial charge is 0.328 e. The number of aromatic amines is 1. The van der Waals surface area contributed by atoms with Gasteiger partial charge in [0.05, 0.1) is 5.56 Å². The average molecular weight is 264 g/mol. The van der Waals surface area contributed by atoms with Crippen LogP contribution < -0.4 is 11.2 Å². The van der Waals surface area contributed by atoms with E-state index in [0.717, 1.165) is 23.3 Å². The van der Waals surface area contributed by atoms with Crippen LogP contribution in [0, 0.1) is 6.92 Å². The number of nitrogens with zero attached hydrogens (tertiary/aromatic N) is 1. The van der Waals surface area contributed by atoms with Gasteiger partial charge in [0.2, 0.25) is 0 Å². The molecule has 0 aromatic carbocycles. The van der Waals surface area contributed by atoms with E-state index in [-0.39, 0.29) is 11.2 Å². The molecule has 96 valence electrons. The molecule has 0 aliphatic heterocycles. The summed E-state index contributed by atoms with van der Waals surface area (Å²) >= 11 is 1.52. The van der Waals surface area contributed by atoms with Gasteiger partial charge in [0.1, 0.15) is 0 Å². The summed E-state index contributed by atoms with van der Waals surface area (Å²) < 4.78 is 1.58. The first-order chi connectivity index (χ1) is 8.63. The number of hydrogen-bond acceptors (Lipinski definition) is 3. The van der Waals surface area contributed by atoms with Crippen molar-refractivity contribution >= 4 is 11.3 Å². The lowest BCUT2D eigenvalue weighted by molar-refractivity contribution is 0.598. The van der Waals surface area contributed by atoms with Crippen molar-refractivity contribution in [3.05, 3.63) is 44.0 Å². The SMILES string of the molecule is CCCCn1cc(-c2sccc2C)c(=O)[nH]c1=O. The molecule has 1 N–H and O–H groups in total. The van der Waals surface area contributed by atoms with Gasteiger partial charge in [0.15, 0.2) is 0 Å². The molecular weight excluding hydrogens is 248 g/mol. The quantitative estimate of drug-likeness (QED) is 0.921. The van der Waals surface area contributed by atoms with Crippen LogP contribution in [0.5, 0.6) is 0 Å². The van der Waals surface area contributed by atoms with E-state index in [4.69, 9.17) is 0 Å². The molecule has 4 nitrogen and oxygen atoms in total. The van der Waals surface area contributed by atoms with Gasteiger partial charge in [0, 0.05) is 17.6 Å². The van der Waals surface area contributed by atoms with Crippen molar-refractivity contribution in [2.24, 2.45) is 0 Å². The number of aryl methyl sites for hydroxylation is 2. The van der Waals surface area contributed by atoms with Crippen LogP contribution in [0.15, 0.2) is 27.2 Å². The highest BCUT2D eigenvalue weighted by molar-refractivity contribution is 7.13. The Morgan fingerprint density at radius 3 is 2.78 bits per heavy atom. The molecule has 2 rings (SSSR count). The number of H-pyrrole nitrogens is 1. The van der Waals surface area contributed by atoms with Gasteiger partial charge in [-0.05, 0) is 30.4 Å². The first-order valence-corrected chi connectivity index (χ1v) is 6.89. The zero-order valence-corrected chi connectivity index (χ0v) is 11.3. The van der Waals surface area contributed by atoms with Crippen LogP contribution >= 0.6 is 11.3 Å². The van der Waals surface area contributed by atoms with E-state index in [0.29, 0.717) is 12.1 Å². The zero-order chi connectivity index (χ0) is 13.1. The molecule has 0 saturated heterocycles. The normalized spacial score (nSPS) is 10.8. The predicted octanol–water partition coefficient (Wildman–Crippen LogP) is 2.37. The number of nitrogens with one attached hydrogen (secondary N) is 1. The summed E-state index contributed by atoms with van der Waals surface area (Å²) in [6, 6.07) is 1.97. The standard InChI is InChI=1S/C13H16N2O2S/c1-3-4-6-15-8-10(12(16)14-13(15)17)11-9(2)5-7-18-11/h5,7-8H,3-4,6H2,1-2H3,(H,14,16,17). The van der Waals surface area contributed by atoms with Gasteiger partial charge in [-0.1, -0.05) is 13.3 Å². The Bertz CT molecular complexity index is 651. The monoisotopic (exact) mass is 264 g/mol. The Kier molecular flexibility index (Phi) is 3.81. The second kappa shape index (κ2) is 5.35. The maximum absolute atomic E-state index is 11.9. The second-order valence-electron chi connectivity index (χ2n) is 4.28. The van der Waals surface area contributed by atoms with E-state index in [1.807, 2.05) is 18.4 Å². The van der Waals surface area contributed by atoms with Crippen LogP contribution in [-0.2, 0) is 6.54 Å². The van der Waals surface area contributed by atoms with E-state index < -0.39 is 0 Å². The minimum absolute atomic E-state index is 0.307. The molecular formula is C13H16N2O2S. The summed E-state index contributed by atoms with van der Waals surface area (Å²) in [7, 11) is 0. The number of thiophene rings is 1. The first kappa shape index (κ1) is 12.8. The molecule has 0 atom stereocenters. The smallest absolute Gasteiger partial charge is 0.300 e. The highest BCUT2D eigenvalue weighted by Crippen LogP contribution is 2.25. The molecule has 2 heterocycles. The number of unbranched alkanes of at least 4 members (excludes halogenated alkanes) is 1. The molecule has 2 aromatic rings. The van der Waals surface area contributed by atoms with Crippen molar-refractivity contribution in [1.29, 1.82) is 0 Å². The molecule has 0 radical (unpaired) electrons. The maximum Gasteiger partial charge on any atom is 0.328 e. The number of rotatable bonds is 4. The maximum atomic E-state index is 11.9. The molecule has 0 fully saturated rings. The molecule has 5 heteroatoms.